The molecule has 0 aliphatic heterocycles. The van der Waals surface area contributed by atoms with E-state index in [2.05, 4.69) is 21.0 Å². The number of halogens is 1. The number of carbonyl (C=O) groups excluding carboxylic acids is 1. The number of hydrogen-bond acceptors (Lipinski definition) is 3. The number of nitrogens with zero attached hydrogens (tertiary/aromatic N) is 3. The maximum atomic E-state index is 12.5. The van der Waals surface area contributed by atoms with Gasteiger partial charge in [0.15, 0.2) is 0 Å². The molecular formula is C15H14BrN3O3. The van der Waals surface area contributed by atoms with E-state index >= 15 is 0 Å². The van der Waals surface area contributed by atoms with Crippen molar-refractivity contribution in [2.24, 2.45) is 0 Å². The standard InChI is InChI=1S/C15H14BrN3O3/c16-11-1-3-13(4-2-11)19-8-10(7-17-19)15(22)18(9-14(20)21)12-5-6-12/h1-4,7-8,12H,5-6,9H2,(H,20,21). The van der Waals surface area contributed by atoms with Crippen molar-refractivity contribution in [2.45, 2.75) is 18.9 Å². The molecule has 22 heavy (non-hydrogen) atoms. The summed E-state index contributed by atoms with van der Waals surface area (Å²) >= 11 is 3.37. The maximum Gasteiger partial charge on any atom is 0.323 e. The van der Waals surface area contributed by atoms with Gasteiger partial charge in [0.2, 0.25) is 0 Å². The molecule has 2 aromatic rings. The Labute approximate surface area is 135 Å². The zero-order valence-electron chi connectivity index (χ0n) is 11.6. The van der Waals surface area contributed by atoms with Crippen LogP contribution in [0.3, 0.4) is 0 Å². The van der Waals surface area contributed by atoms with Gasteiger partial charge in [-0.05, 0) is 37.1 Å². The van der Waals surface area contributed by atoms with E-state index in [4.69, 9.17) is 5.11 Å². The first-order chi connectivity index (χ1) is 10.5. The number of rotatable bonds is 5. The smallest absolute Gasteiger partial charge is 0.323 e. The maximum absolute atomic E-state index is 12.5. The minimum absolute atomic E-state index is 0.0413. The van der Waals surface area contributed by atoms with Gasteiger partial charge in [0.25, 0.3) is 5.91 Å². The van der Waals surface area contributed by atoms with Gasteiger partial charge in [-0.3, -0.25) is 9.59 Å². The Morgan fingerprint density at radius 2 is 2.00 bits per heavy atom. The van der Waals surface area contributed by atoms with Gasteiger partial charge in [0.1, 0.15) is 6.54 Å². The van der Waals surface area contributed by atoms with Crippen LogP contribution in [0.5, 0.6) is 0 Å². The number of amides is 1. The van der Waals surface area contributed by atoms with Gasteiger partial charge in [-0.2, -0.15) is 5.10 Å². The molecule has 1 saturated carbocycles. The van der Waals surface area contributed by atoms with Crippen LogP contribution in [0.4, 0.5) is 0 Å². The van der Waals surface area contributed by atoms with Gasteiger partial charge in [-0.25, -0.2) is 4.68 Å². The van der Waals surface area contributed by atoms with Crippen molar-refractivity contribution >= 4 is 27.8 Å². The Morgan fingerprint density at radius 3 is 2.59 bits per heavy atom. The van der Waals surface area contributed by atoms with Crippen LogP contribution in [0.2, 0.25) is 0 Å². The Hall–Kier alpha value is -2.15. The molecule has 0 bridgehead atoms. The summed E-state index contributed by atoms with van der Waals surface area (Å²) in [6.45, 7) is -0.271. The zero-order valence-corrected chi connectivity index (χ0v) is 13.2. The van der Waals surface area contributed by atoms with Crippen LogP contribution in [0.1, 0.15) is 23.2 Å². The van der Waals surface area contributed by atoms with E-state index in [1.54, 1.807) is 10.9 Å². The molecule has 1 fully saturated rings. The summed E-state index contributed by atoms with van der Waals surface area (Å²) in [7, 11) is 0. The predicted molar refractivity (Wildman–Crippen MR) is 83.0 cm³/mol. The minimum atomic E-state index is -0.999. The van der Waals surface area contributed by atoms with Gasteiger partial charge in [0, 0.05) is 16.7 Å². The van der Waals surface area contributed by atoms with Gasteiger partial charge < -0.3 is 10.0 Å². The van der Waals surface area contributed by atoms with E-state index in [1.807, 2.05) is 24.3 Å². The number of hydrogen-bond donors (Lipinski definition) is 1. The second kappa shape index (κ2) is 5.92. The van der Waals surface area contributed by atoms with Crippen molar-refractivity contribution in [1.82, 2.24) is 14.7 Å². The number of benzene rings is 1. The van der Waals surface area contributed by atoms with Crippen molar-refractivity contribution in [1.29, 1.82) is 0 Å². The summed E-state index contributed by atoms with van der Waals surface area (Å²) < 4.78 is 2.56. The van der Waals surface area contributed by atoms with Crippen molar-refractivity contribution in [3.8, 4) is 5.69 Å². The molecule has 1 N–H and O–H groups in total. The molecule has 0 atom stereocenters. The highest BCUT2D eigenvalue weighted by molar-refractivity contribution is 9.10. The Morgan fingerprint density at radius 1 is 1.32 bits per heavy atom. The highest BCUT2D eigenvalue weighted by Crippen LogP contribution is 2.28. The summed E-state index contributed by atoms with van der Waals surface area (Å²) in [5, 5.41) is 13.1. The molecule has 0 spiro atoms. The highest BCUT2D eigenvalue weighted by Gasteiger charge is 2.34. The van der Waals surface area contributed by atoms with Gasteiger partial charge in [-0.15, -0.1) is 0 Å². The van der Waals surface area contributed by atoms with E-state index in [9.17, 15) is 9.59 Å². The van der Waals surface area contributed by atoms with Crippen LogP contribution >= 0.6 is 15.9 Å². The summed E-state index contributed by atoms with van der Waals surface area (Å²) in [5.74, 6) is -1.28. The SMILES string of the molecule is O=C(O)CN(C(=O)c1cnn(-c2ccc(Br)cc2)c1)C1CC1. The van der Waals surface area contributed by atoms with E-state index in [1.165, 1.54) is 11.1 Å². The molecule has 0 radical (unpaired) electrons. The Balaban J connectivity index is 1.81. The quantitative estimate of drug-likeness (QED) is 0.884. The van der Waals surface area contributed by atoms with Crippen LogP contribution in [0, 0.1) is 0 Å². The molecule has 3 rings (SSSR count). The molecule has 114 valence electrons. The van der Waals surface area contributed by atoms with Crippen LogP contribution in [0.25, 0.3) is 5.69 Å². The van der Waals surface area contributed by atoms with E-state index in [-0.39, 0.29) is 18.5 Å². The van der Waals surface area contributed by atoms with Crippen LogP contribution in [-0.4, -0.2) is 44.3 Å². The lowest BCUT2D eigenvalue weighted by molar-refractivity contribution is -0.137. The topological polar surface area (TPSA) is 75.4 Å². The fourth-order valence-corrected chi connectivity index (χ4v) is 2.50. The third kappa shape index (κ3) is 3.19. The third-order valence-corrected chi connectivity index (χ3v) is 4.00. The minimum Gasteiger partial charge on any atom is -0.480 e. The van der Waals surface area contributed by atoms with Crippen molar-refractivity contribution < 1.29 is 14.7 Å². The molecule has 1 amide bonds. The molecule has 1 aliphatic carbocycles. The van der Waals surface area contributed by atoms with E-state index < -0.39 is 5.97 Å². The first-order valence-electron chi connectivity index (χ1n) is 6.88. The first kappa shape index (κ1) is 14.8. The molecule has 6 nitrogen and oxygen atoms in total. The molecule has 1 aliphatic rings. The highest BCUT2D eigenvalue weighted by atomic mass is 79.9. The summed E-state index contributed by atoms with van der Waals surface area (Å²) in [6.07, 6.45) is 4.82. The Bertz CT molecular complexity index is 707. The van der Waals surface area contributed by atoms with Crippen LogP contribution < -0.4 is 0 Å². The van der Waals surface area contributed by atoms with Gasteiger partial charge in [0.05, 0.1) is 17.4 Å². The van der Waals surface area contributed by atoms with Gasteiger partial charge in [-0.1, -0.05) is 15.9 Å². The molecule has 1 aromatic carbocycles. The lowest BCUT2D eigenvalue weighted by atomic mass is 10.3. The second-order valence-electron chi connectivity index (χ2n) is 5.21. The fourth-order valence-electron chi connectivity index (χ4n) is 2.23. The average molecular weight is 364 g/mol. The van der Waals surface area contributed by atoms with Crippen molar-refractivity contribution in [3.63, 3.8) is 0 Å². The summed E-state index contributed by atoms with van der Waals surface area (Å²) in [4.78, 5) is 24.8. The largest absolute Gasteiger partial charge is 0.480 e. The molecule has 7 heteroatoms. The zero-order chi connectivity index (χ0) is 15.7. The number of aliphatic carboxylic acids is 1. The van der Waals surface area contributed by atoms with Gasteiger partial charge >= 0.3 is 5.97 Å². The van der Waals surface area contributed by atoms with Crippen LogP contribution in [0.15, 0.2) is 41.1 Å². The van der Waals surface area contributed by atoms with E-state index in [0.29, 0.717) is 5.56 Å². The molecule has 1 aromatic heterocycles. The van der Waals surface area contributed by atoms with Crippen molar-refractivity contribution in [3.05, 3.63) is 46.7 Å². The number of carbonyl (C=O) groups is 2. The monoisotopic (exact) mass is 363 g/mol. The first-order valence-corrected chi connectivity index (χ1v) is 7.67. The average Bonchev–Trinajstić information content (AvgIpc) is 3.21. The molecule has 1 heterocycles. The summed E-state index contributed by atoms with van der Waals surface area (Å²) in [5.41, 5.74) is 1.23. The van der Waals surface area contributed by atoms with Crippen molar-refractivity contribution in [2.75, 3.05) is 6.54 Å². The molecule has 0 unspecified atom stereocenters. The fraction of sp³-hybridized carbons (Fsp3) is 0.267. The molecular weight excluding hydrogens is 350 g/mol. The third-order valence-electron chi connectivity index (χ3n) is 3.47. The summed E-state index contributed by atoms with van der Waals surface area (Å²) in [6, 6.07) is 7.57. The predicted octanol–water partition coefficient (Wildman–Crippen LogP) is 2.32. The lowest BCUT2D eigenvalue weighted by Crippen LogP contribution is -2.37. The normalized spacial score (nSPS) is 13.9. The number of aromatic nitrogens is 2. The molecule has 0 saturated heterocycles. The number of carboxylic acid groups (broad SMARTS) is 1. The van der Waals surface area contributed by atoms with E-state index in [0.717, 1.165) is 23.0 Å². The number of carboxylic acids is 1. The van der Waals surface area contributed by atoms with Crippen LogP contribution in [-0.2, 0) is 4.79 Å². The lowest BCUT2D eigenvalue weighted by Gasteiger charge is -2.19. The Kier molecular flexibility index (Phi) is 3.98. The second-order valence-corrected chi connectivity index (χ2v) is 6.12.